The van der Waals surface area contributed by atoms with Crippen molar-refractivity contribution in [1.82, 2.24) is 4.90 Å². The van der Waals surface area contributed by atoms with Crippen LogP contribution in [0, 0.1) is 0 Å². The zero-order chi connectivity index (χ0) is 23.6. The lowest BCUT2D eigenvalue weighted by Crippen LogP contribution is -2.65. The second-order valence-corrected chi connectivity index (χ2v) is 13.0. The Morgan fingerprint density at radius 2 is 1.24 bits per heavy atom. The van der Waals surface area contributed by atoms with Gasteiger partial charge in [0, 0.05) is 13.8 Å². The van der Waals surface area contributed by atoms with Crippen LogP contribution in [0.5, 0.6) is 0 Å². The molecule has 1 saturated heterocycles. The Balaban J connectivity index is 2.20. The number of carboxylic acid groups (broad SMARTS) is 1. The fraction of sp³-hybridized carbons (Fsp3) is 0.120. The van der Waals surface area contributed by atoms with E-state index in [0.29, 0.717) is 0 Å². The maximum absolute atomic E-state index is 13.1. The molecule has 8 heteroatoms. The SMILES string of the molecule is CC(=O)SC1C(Br)C(=O)N1C(C(=O)O)=P(c1ccccc1)(c1ccccc1)c1ccccc1. The first-order valence-corrected chi connectivity index (χ1v) is 13.8. The van der Waals surface area contributed by atoms with Gasteiger partial charge in [0.2, 0.25) is 5.91 Å². The van der Waals surface area contributed by atoms with Crippen LogP contribution in [0.1, 0.15) is 6.92 Å². The number of alkyl halides is 1. The number of carbonyl (C=O) groups is 3. The standard InChI is InChI=1S/C25H21BrNO4PS/c1-17(28)33-24-21(26)22(29)27(24)23(25(30)31)32(18-11-5-2-6-12-18,19-13-7-3-8-14-19)20-15-9-4-10-16-20/h2-16,21,24H,1H3,(H,30,31). The number of thioether (sulfide) groups is 1. The summed E-state index contributed by atoms with van der Waals surface area (Å²) in [4.78, 5) is 38.8. The molecule has 2 unspecified atom stereocenters. The molecule has 1 fully saturated rings. The van der Waals surface area contributed by atoms with E-state index in [9.17, 15) is 19.5 Å². The molecule has 4 rings (SSSR count). The number of likely N-dealkylation sites (tertiary alicyclic amines) is 1. The van der Waals surface area contributed by atoms with E-state index in [1.165, 1.54) is 11.8 Å². The zero-order valence-corrected chi connectivity index (χ0v) is 21.0. The molecule has 3 aromatic rings. The zero-order valence-electron chi connectivity index (χ0n) is 17.7. The van der Waals surface area contributed by atoms with Gasteiger partial charge in [-0.05, 0) is 15.9 Å². The largest absolute Gasteiger partial charge is 0.477 e. The second-order valence-electron chi connectivity index (χ2n) is 7.42. The number of β-lactam (4-membered cyclic amide) rings is 1. The van der Waals surface area contributed by atoms with Crippen molar-refractivity contribution < 1.29 is 19.5 Å². The van der Waals surface area contributed by atoms with Crippen LogP contribution >= 0.6 is 34.6 Å². The van der Waals surface area contributed by atoms with Crippen molar-refractivity contribution in [2.24, 2.45) is 0 Å². The molecular formula is C25H21BrNO4PS. The van der Waals surface area contributed by atoms with Crippen LogP contribution < -0.4 is 15.9 Å². The van der Waals surface area contributed by atoms with E-state index in [4.69, 9.17) is 0 Å². The second kappa shape index (κ2) is 9.72. The van der Waals surface area contributed by atoms with Crippen LogP contribution in [-0.2, 0) is 14.4 Å². The number of nitrogens with zero attached hydrogens (tertiary/aromatic N) is 1. The van der Waals surface area contributed by atoms with E-state index in [1.807, 2.05) is 91.0 Å². The fourth-order valence-corrected chi connectivity index (χ4v) is 10.2. The van der Waals surface area contributed by atoms with E-state index in [0.717, 1.165) is 27.7 Å². The number of hydrogen-bond donors (Lipinski definition) is 1. The summed E-state index contributed by atoms with van der Waals surface area (Å²) < 4.78 is 0. The van der Waals surface area contributed by atoms with Crippen LogP contribution in [0.15, 0.2) is 91.0 Å². The molecule has 168 valence electrons. The highest BCUT2D eigenvalue weighted by Gasteiger charge is 2.53. The van der Waals surface area contributed by atoms with Gasteiger partial charge in [0.15, 0.2) is 5.12 Å². The Morgan fingerprint density at radius 1 is 0.848 bits per heavy atom. The molecular weight excluding hydrogens is 521 g/mol. The summed E-state index contributed by atoms with van der Waals surface area (Å²) in [6, 6.07) is 28.4. The maximum atomic E-state index is 13.1. The lowest BCUT2D eigenvalue weighted by molar-refractivity contribution is -0.138. The number of halogens is 1. The topological polar surface area (TPSA) is 74.7 Å². The highest BCUT2D eigenvalue weighted by atomic mass is 79.9. The Hall–Kier alpha value is -2.60. The maximum Gasteiger partial charge on any atom is 0.353 e. The molecule has 0 spiro atoms. The molecule has 1 amide bonds. The van der Waals surface area contributed by atoms with E-state index < -0.39 is 23.1 Å². The predicted molar refractivity (Wildman–Crippen MR) is 139 cm³/mol. The number of rotatable bonds is 6. The van der Waals surface area contributed by atoms with Gasteiger partial charge in [0.05, 0.1) is 0 Å². The lowest BCUT2D eigenvalue weighted by Gasteiger charge is -2.46. The van der Waals surface area contributed by atoms with Gasteiger partial charge in [-0.3, -0.25) is 14.5 Å². The monoisotopic (exact) mass is 541 g/mol. The fourth-order valence-electron chi connectivity index (χ4n) is 4.11. The first-order valence-electron chi connectivity index (χ1n) is 10.2. The summed E-state index contributed by atoms with van der Waals surface area (Å²) in [5.41, 5.74) is 0.00514. The number of carboxylic acids is 1. The quantitative estimate of drug-likeness (QED) is 0.294. The van der Waals surface area contributed by atoms with Crippen molar-refractivity contribution in [3.05, 3.63) is 91.0 Å². The van der Waals surface area contributed by atoms with E-state index in [1.54, 1.807) is 0 Å². The summed E-state index contributed by atoms with van der Waals surface area (Å²) in [5, 5.41) is 12.3. The third-order valence-electron chi connectivity index (χ3n) is 5.43. The average Bonchev–Trinajstić information content (AvgIpc) is 2.84. The first kappa shape index (κ1) is 23.6. The summed E-state index contributed by atoms with van der Waals surface area (Å²) in [7, 11) is 0. The molecule has 0 aliphatic carbocycles. The van der Waals surface area contributed by atoms with Crippen molar-refractivity contribution in [1.29, 1.82) is 0 Å². The van der Waals surface area contributed by atoms with Crippen LogP contribution in [-0.4, -0.2) is 42.6 Å². The molecule has 0 bridgehead atoms. The normalized spacial score (nSPS) is 17.9. The van der Waals surface area contributed by atoms with E-state index in [2.05, 4.69) is 15.9 Å². The lowest BCUT2D eigenvalue weighted by atomic mass is 10.2. The smallest absolute Gasteiger partial charge is 0.353 e. The van der Waals surface area contributed by atoms with Crippen molar-refractivity contribution in [2.45, 2.75) is 17.1 Å². The summed E-state index contributed by atoms with van der Waals surface area (Å²) in [6.45, 7) is -1.59. The third-order valence-corrected chi connectivity index (χ3v) is 12.0. The molecule has 1 N–H and O–H groups in total. The summed E-state index contributed by atoms with van der Waals surface area (Å²) >= 11 is 4.32. The Bertz CT molecular complexity index is 1150. The van der Waals surface area contributed by atoms with Gasteiger partial charge in [-0.1, -0.05) is 119 Å². The molecule has 3 aromatic carbocycles. The molecule has 0 aromatic heterocycles. The van der Waals surface area contributed by atoms with Crippen LogP contribution in [0.3, 0.4) is 0 Å². The minimum absolute atomic E-state index is 0.00514. The molecule has 33 heavy (non-hydrogen) atoms. The summed E-state index contributed by atoms with van der Waals surface area (Å²) in [6.07, 6.45) is 0. The average molecular weight is 542 g/mol. The van der Waals surface area contributed by atoms with Gasteiger partial charge >= 0.3 is 5.97 Å². The van der Waals surface area contributed by atoms with Crippen molar-refractivity contribution in [3.8, 4) is 0 Å². The van der Waals surface area contributed by atoms with Gasteiger partial charge < -0.3 is 5.11 Å². The Labute approximate surface area is 204 Å². The Kier molecular flexibility index (Phi) is 6.94. The van der Waals surface area contributed by atoms with Crippen LogP contribution in [0.4, 0.5) is 0 Å². The number of aliphatic carboxylic acids is 1. The minimum atomic E-state index is -3.01. The number of amides is 1. The molecule has 1 aliphatic rings. The van der Waals surface area contributed by atoms with Gasteiger partial charge in [-0.2, -0.15) is 0 Å². The predicted octanol–water partition coefficient (Wildman–Crippen LogP) is 3.41. The highest BCUT2D eigenvalue weighted by Crippen LogP contribution is 2.50. The Morgan fingerprint density at radius 3 is 1.58 bits per heavy atom. The molecule has 0 radical (unpaired) electrons. The van der Waals surface area contributed by atoms with Gasteiger partial charge in [-0.25, -0.2) is 4.79 Å². The van der Waals surface area contributed by atoms with Crippen molar-refractivity contribution in [2.75, 3.05) is 0 Å². The van der Waals surface area contributed by atoms with Crippen molar-refractivity contribution in [3.63, 3.8) is 0 Å². The van der Waals surface area contributed by atoms with Gasteiger partial charge in [-0.15, -0.1) is 0 Å². The van der Waals surface area contributed by atoms with Crippen LogP contribution in [0.25, 0.3) is 0 Å². The number of carbonyl (C=O) groups excluding carboxylic acids is 2. The third kappa shape index (κ3) is 4.10. The summed E-state index contributed by atoms with van der Waals surface area (Å²) in [5.74, 6) is -1.54. The first-order chi connectivity index (χ1) is 15.9. The molecule has 0 saturated carbocycles. The van der Waals surface area contributed by atoms with Gasteiger partial charge in [0.25, 0.3) is 0 Å². The van der Waals surface area contributed by atoms with E-state index in [-0.39, 0.29) is 16.4 Å². The molecule has 1 heterocycles. The van der Waals surface area contributed by atoms with E-state index >= 15 is 0 Å². The minimum Gasteiger partial charge on any atom is -0.477 e. The van der Waals surface area contributed by atoms with Gasteiger partial charge in [0.1, 0.15) is 15.6 Å². The molecule has 1 aliphatic heterocycles. The number of benzene rings is 3. The molecule has 5 nitrogen and oxygen atoms in total. The van der Waals surface area contributed by atoms with Crippen LogP contribution in [0.2, 0.25) is 0 Å². The molecule has 2 atom stereocenters. The van der Waals surface area contributed by atoms with Crippen molar-refractivity contribution >= 4 is 72.9 Å². The number of hydrogen-bond acceptors (Lipinski definition) is 4. The highest BCUT2D eigenvalue weighted by molar-refractivity contribution is 9.10.